The molecule has 164 valence electrons. The fourth-order valence-corrected chi connectivity index (χ4v) is 5.14. The summed E-state index contributed by atoms with van der Waals surface area (Å²) in [6.45, 7) is 0. The molecule has 2 amide bonds. The molecule has 32 heavy (non-hydrogen) atoms. The fraction of sp³-hybridized carbons (Fsp3) is 0.333. The van der Waals surface area contributed by atoms with Gasteiger partial charge in [-0.1, -0.05) is 41.7 Å². The number of anilines is 2. The summed E-state index contributed by atoms with van der Waals surface area (Å²) in [5, 5.41) is 12.9. The number of carbonyl (C=O) groups is 2. The lowest BCUT2D eigenvalue weighted by Gasteiger charge is -2.40. The maximum atomic E-state index is 13.4. The quantitative estimate of drug-likeness (QED) is 0.598. The smallest absolute Gasteiger partial charge is 0.231 e. The molecule has 2 fully saturated rings. The molecule has 2 aliphatic rings. The molecule has 0 bridgehead atoms. The number of nitrogens with one attached hydrogen (secondary N) is 1. The van der Waals surface area contributed by atoms with Crippen molar-refractivity contribution >= 4 is 34.0 Å². The Balaban J connectivity index is 1.47. The maximum absolute atomic E-state index is 13.4. The molecular formula is C24H24N4O3S. The number of rotatable bonds is 6. The summed E-state index contributed by atoms with van der Waals surface area (Å²) in [4.78, 5) is 28.2. The highest BCUT2D eigenvalue weighted by Gasteiger charge is 2.41. The maximum Gasteiger partial charge on any atom is 0.231 e. The molecule has 1 N–H and O–H groups in total. The largest absolute Gasteiger partial charge is 0.497 e. The molecule has 0 unspecified atom stereocenters. The van der Waals surface area contributed by atoms with Crippen molar-refractivity contribution in [1.82, 2.24) is 10.2 Å². The first kappa shape index (κ1) is 20.6. The predicted octanol–water partition coefficient (Wildman–Crippen LogP) is 4.55. The number of piperidine rings is 1. The van der Waals surface area contributed by atoms with Gasteiger partial charge in [-0.15, -0.1) is 10.2 Å². The molecule has 1 saturated heterocycles. The van der Waals surface area contributed by atoms with E-state index in [-0.39, 0.29) is 11.8 Å². The summed E-state index contributed by atoms with van der Waals surface area (Å²) in [6, 6.07) is 16.7. The number of benzene rings is 2. The number of hydrogen-bond acceptors (Lipinski definition) is 6. The lowest BCUT2D eigenvalue weighted by atomic mass is 9.83. The summed E-state index contributed by atoms with van der Waals surface area (Å²) >= 11 is 1.45. The third-order valence-electron chi connectivity index (χ3n) is 6.02. The van der Waals surface area contributed by atoms with Crippen LogP contribution in [0.5, 0.6) is 5.75 Å². The molecule has 1 aliphatic heterocycles. The molecule has 5 rings (SSSR count). The van der Waals surface area contributed by atoms with E-state index in [1.165, 1.54) is 11.3 Å². The number of hydrogen-bond donors (Lipinski definition) is 1. The van der Waals surface area contributed by atoms with Crippen LogP contribution in [0.2, 0.25) is 0 Å². The van der Waals surface area contributed by atoms with Crippen LogP contribution in [-0.4, -0.2) is 29.1 Å². The van der Waals surface area contributed by atoms with E-state index < -0.39 is 12.0 Å². The summed E-state index contributed by atoms with van der Waals surface area (Å²) in [5.74, 6) is 0.661. The summed E-state index contributed by atoms with van der Waals surface area (Å²) in [6.07, 6.45) is 3.06. The molecule has 2 aromatic carbocycles. The Hall–Kier alpha value is -3.26. The number of aromatic nitrogens is 2. The van der Waals surface area contributed by atoms with Crippen LogP contribution < -0.4 is 15.0 Å². The lowest BCUT2D eigenvalue weighted by molar-refractivity contribution is -0.125. The van der Waals surface area contributed by atoms with Gasteiger partial charge in [0.05, 0.1) is 19.1 Å². The van der Waals surface area contributed by atoms with Gasteiger partial charge < -0.3 is 15.0 Å². The van der Waals surface area contributed by atoms with Gasteiger partial charge in [0, 0.05) is 18.0 Å². The zero-order valence-corrected chi connectivity index (χ0v) is 18.5. The van der Waals surface area contributed by atoms with E-state index in [0.717, 1.165) is 29.1 Å². The normalized spacial score (nSPS) is 20.8. The zero-order valence-electron chi connectivity index (χ0n) is 17.7. The van der Waals surface area contributed by atoms with E-state index in [1.54, 1.807) is 12.0 Å². The first-order chi connectivity index (χ1) is 15.6. The van der Waals surface area contributed by atoms with Gasteiger partial charge in [-0.05, 0) is 49.1 Å². The van der Waals surface area contributed by atoms with E-state index in [9.17, 15) is 9.59 Å². The Kier molecular flexibility index (Phi) is 5.61. The zero-order chi connectivity index (χ0) is 22.1. The van der Waals surface area contributed by atoms with E-state index in [1.807, 2.05) is 54.6 Å². The van der Waals surface area contributed by atoms with Gasteiger partial charge in [0.2, 0.25) is 16.9 Å². The van der Waals surface area contributed by atoms with Crippen molar-refractivity contribution in [2.75, 3.05) is 17.3 Å². The van der Waals surface area contributed by atoms with Crippen LogP contribution in [0.15, 0.2) is 54.6 Å². The molecule has 0 radical (unpaired) electrons. The van der Waals surface area contributed by atoms with Crippen LogP contribution in [-0.2, 0) is 9.59 Å². The molecule has 1 saturated carbocycles. The van der Waals surface area contributed by atoms with Crippen molar-refractivity contribution in [3.05, 3.63) is 65.2 Å². The van der Waals surface area contributed by atoms with Gasteiger partial charge in [0.15, 0.2) is 0 Å². The SMILES string of the molecule is COc1ccc(N2C(=O)CC[C@@H](C(=O)Nc3nnc(C4CC4)s3)[C@@H]2c2ccccc2)cc1. The molecule has 8 heteroatoms. The molecular weight excluding hydrogens is 424 g/mol. The van der Waals surface area contributed by atoms with Crippen molar-refractivity contribution in [2.24, 2.45) is 5.92 Å². The van der Waals surface area contributed by atoms with Crippen LogP contribution in [0, 0.1) is 5.92 Å². The molecule has 2 atom stereocenters. The first-order valence-corrected chi connectivity index (χ1v) is 11.6. The standard InChI is InChI=1S/C24H24N4O3S/c1-31-18-11-9-17(10-12-18)28-20(29)14-13-19(21(28)15-5-3-2-4-6-15)22(30)25-24-27-26-23(32-24)16-7-8-16/h2-6,9-12,16,19,21H,7-8,13-14H2,1H3,(H,25,27,30)/t19-,21+/m1/s1. The number of methoxy groups -OCH3 is 1. The van der Waals surface area contributed by atoms with Crippen LogP contribution in [0.4, 0.5) is 10.8 Å². The fourth-order valence-electron chi connectivity index (χ4n) is 4.22. The Morgan fingerprint density at radius 3 is 2.50 bits per heavy atom. The number of amides is 2. The van der Waals surface area contributed by atoms with Crippen molar-refractivity contribution < 1.29 is 14.3 Å². The van der Waals surface area contributed by atoms with Crippen molar-refractivity contribution in [3.8, 4) is 5.75 Å². The number of nitrogens with zero attached hydrogens (tertiary/aromatic N) is 3. The van der Waals surface area contributed by atoms with Gasteiger partial charge >= 0.3 is 0 Å². The van der Waals surface area contributed by atoms with Gasteiger partial charge in [0.1, 0.15) is 10.8 Å². The monoisotopic (exact) mass is 448 g/mol. The highest BCUT2D eigenvalue weighted by molar-refractivity contribution is 7.15. The minimum atomic E-state index is -0.415. The second-order valence-corrected chi connectivity index (χ2v) is 9.18. The van der Waals surface area contributed by atoms with E-state index in [2.05, 4.69) is 15.5 Å². The minimum Gasteiger partial charge on any atom is -0.497 e. The van der Waals surface area contributed by atoms with Gasteiger partial charge in [-0.2, -0.15) is 0 Å². The van der Waals surface area contributed by atoms with Gasteiger partial charge in [0.25, 0.3) is 0 Å². The average Bonchev–Trinajstić information content (AvgIpc) is 3.58. The second-order valence-electron chi connectivity index (χ2n) is 8.17. The second kappa shape index (κ2) is 8.70. The first-order valence-electron chi connectivity index (χ1n) is 10.8. The highest BCUT2D eigenvalue weighted by Crippen LogP contribution is 2.43. The molecule has 2 heterocycles. The number of ether oxygens (including phenoxy) is 1. The molecule has 1 aromatic heterocycles. The van der Waals surface area contributed by atoms with E-state index >= 15 is 0 Å². The summed E-state index contributed by atoms with van der Waals surface area (Å²) < 4.78 is 5.26. The Bertz CT molecular complexity index is 1110. The van der Waals surface area contributed by atoms with Crippen LogP contribution in [0.3, 0.4) is 0 Å². The van der Waals surface area contributed by atoms with Crippen molar-refractivity contribution in [3.63, 3.8) is 0 Å². The highest BCUT2D eigenvalue weighted by atomic mass is 32.1. The Morgan fingerprint density at radius 2 is 1.81 bits per heavy atom. The third-order valence-corrected chi connectivity index (χ3v) is 7.02. The van der Waals surface area contributed by atoms with Gasteiger partial charge in [-0.3, -0.25) is 9.59 Å². The molecule has 0 spiro atoms. The molecule has 1 aliphatic carbocycles. The van der Waals surface area contributed by atoms with E-state index in [4.69, 9.17) is 4.74 Å². The van der Waals surface area contributed by atoms with Crippen molar-refractivity contribution in [2.45, 2.75) is 37.6 Å². The Labute approximate surface area is 190 Å². The number of carbonyl (C=O) groups excluding carboxylic acids is 2. The van der Waals surface area contributed by atoms with Crippen LogP contribution in [0.25, 0.3) is 0 Å². The van der Waals surface area contributed by atoms with Gasteiger partial charge in [-0.25, -0.2) is 0 Å². The molecule has 7 nitrogen and oxygen atoms in total. The summed E-state index contributed by atoms with van der Waals surface area (Å²) in [5.41, 5.74) is 1.67. The molecule has 3 aromatic rings. The minimum absolute atomic E-state index is 0.00000447. The van der Waals surface area contributed by atoms with Crippen molar-refractivity contribution in [1.29, 1.82) is 0 Å². The van der Waals surface area contributed by atoms with Crippen LogP contribution >= 0.6 is 11.3 Å². The average molecular weight is 449 g/mol. The predicted molar refractivity (Wildman–Crippen MR) is 123 cm³/mol. The Morgan fingerprint density at radius 1 is 1.06 bits per heavy atom. The van der Waals surface area contributed by atoms with E-state index in [0.29, 0.717) is 29.6 Å². The summed E-state index contributed by atoms with van der Waals surface area (Å²) in [7, 11) is 1.61. The topological polar surface area (TPSA) is 84.4 Å². The third kappa shape index (κ3) is 4.10. The van der Waals surface area contributed by atoms with Crippen LogP contribution in [0.1, 0.15) is 48.2 Å². The lowest BCUT2D eigenvalue weighted by Crippen LogP contribution is -2.46.